The molecule has 4 nitrogen and oxygen atoms in total. The van der Waals surface area contributed by atoms with E-state index in [9.17, 15) is 26.7 Å². The molecular weight excluding hydrogens is 501 g/mol. The Balaban J connectivity index is 1.45. The highest BCUT2D eigenvalue weighted by Crippen LogP contribution is 2.64. The van der Waals surface area contributed by atoms with Gasteiger partial charge in [0, 0.05) is 6.07 Å². The first-order valence-corrected chi connectivity index (χ1v) is 11.9. The number of hydrogen-bond acceptors (Lipinski definition) is 3. The Morgan fingerprint density at radius 1 is 0.947 bits per heavy atom. The molecule has 1 aliphatic carbocycles. The van der Waals surface area contributed by atoms with Crippen LogP contribution in [0.4, 0.5) is 39.1 Å². The van der Waals surface area contributed by atoms with Crippen LogP contribution in [0.1, 0.15) is 23.1 Å². The molecule has 192 valence electrons. The lowest BCUT2D eigenvalue weighted by Gasteiger charge is -2.17. The summed E-state index contributed by atoms with van der Waals surface area (Å²) in [7, 11) is 0. The number of carbonyl (C=O) groups excluding carboxylic acids is 1. The minimum atomic E-state index is -4.50. The Bertz CT molecular complexity index is 1560. The minimum Gasteiger partial charge on any atom is -0.397 e. The zero-order valence-electron chi connectivity index (χ0n) is 19.8. The third-order valence-electron chi connectivity index (χ3n) is 7.34. The number of aromatic nitrogens is 1. The van der Waals surface area contributed by atoms with E-state index in [0.29, 0.717) is 45.9 Å². The number of anilines is 3. The van der Waals surface area contributed by atoms with Crippen molar-refractivity contribution >= 4 is 23.1 Å². The molecule has 1 spiro atoms. The van der Waals surface area contributed by atoms with E-state index >= 15 is 0 Å². The van der Waals surface area contributed by atoms with Gasteiger partial charge in [-0.1, -0.05) is 18.2 Å². The van der Waals surface area contributed by atoms with Crippen LogP contribution in [0.15, 0.2) is 79.0 Å². The molecule has 1 saturated carbocycles. The zero-order valence-corrected chi connectivity index (χ0v) is 19.8. The zero-order chi connectivity index (χ0) is 26.8. The van der Waals surface area contributed by atoms with Crippen molar-refractivity contribution in [2.75, 3.05) is 10.6 Å². The van der Waals surface area contributed by atoms with Crippen LogP contribution < -0.4 is 10.6 Å². The van der Waals surface area contributed by atoms with Gasteiger partial charge in [-0.3, -0.25) is 9.69 Å². The summed E-state index contributed by atoms with van der Waals surface area (Å²) >= 11 is 0. The quantitative estimate of drug-likeness (QED) is 0.300. The van der Waals surface area contributed by atoms with Crippen LogP contribution in [0.25, 0.3) is 11.1 Å². The molecule has 0 saturated heterocycles. The van der Waals surface area contributed by atoms with Gasteiger partial charge in [0.2, 0.25) is 5.91 Å². The molecule has 1 aliphatic heterocycles. The number of alkyl halides is 3. The Labute approximate surface area is 214 Å². The summed E-state index contributed by atoms with van der Waals surface area (Å²) < 4.78 is 67.7. The van der Waals surface area contributed by atoms with Gasteiger partial charge in [0.15, 0.2) is 0 Å². The van der Waals surface area contributed by atoms with Gasteiger partial charge in [-0.2, -0.15) is 13.2 Å². The fraction of sp³-hybridized carbons (Fsp3) is 0.172. The molecular formula is C29H20F5N3O. The third-order valence-corrected chi connectivity index (χ3v) is 7.34. The summed E-state index contributed by atoms with van der Waals surface area (Å²) in [6, 6.07) is 16.6. The Kier molecular flexibility index (Phi) is 5.31. The molecule has 1 fully saturated rings. The van der Waals surface area contributed by atoms with E-state index in [1.807, 2.05) is 0 Å². The van der Waals surface area contributed by atoms with Gasteiger partial charge in [-0.05, 0) is 89.5 Å². The lowest BCUT2D eigenvalue weighted by Crippen LogP contribution is -2.30. The normalized spacial score (nSPS) is 20.2. The van der Waals surface area contributed by atoms with Gasteiger partial charge in [0.1, 0.15) is 17.5 Å². The van der Waals surface area contributed by atoms with E-state index in [2.05, 4.69) is 4.98 Å². The maximum Gasteiger partial charge on any atom is 0.416 e. The van der Waals surface area contributed by atoms with Crippen LogP contribution in [-0.2, 0) is 22.8 Å². The summed E-state index contributed by atoms with van der Waals surface area (Å²) in [5.41, 5.74) is 6.97. The summed E-state index contributed by atoms with van der Waals surface area (Å²) in [5.74, 6) is -1.55. The minimum absolute atomic E-state index is 0.243. The number of fused-ring (bicyclic) bond motifs is 2. The first kappa shape index (κ1) is 24.1. The van der Waals surface area contributed by atoms with Crippen LogP contribution >= 0.6 is 0 Å². The standard InChI is InChI=1S/C29H20F5N3O/c30-21-9-16(10-22(31)13-21)8-20-14-28(20)24-12-18(17-2-1-3-19(11-17)29(32,33)34)4-6-25(24)37(27(28)38)26-7-5-23(35)15-36-26/h1-7,9-13,15,20H,8,14,35H2. The second kappa shape index (κ2) is 8.37. The molecule has 4 aromatic rings. The maximum absolute atomic E-state index is 14.0. The molecule has 2 heterocycles. The van der Waals surface area contributed by atoms with Gasteiger partial charge in [-0.25, -0.2) is 13.8 Å². The van der Waals surface area contributed by atoms with Crippen molar-refractivity contribution < 1.29 is 26.7 Å². The Hall–Kier alpha value is -4.27. The molecule has 3 aromatic carbocycles. The molecule has 6 rings (SSSR count). The third kappa shape index (κ3) is 3.89. The fourth-order valence-electron chi connectivity index (χ4n) is 5.51. The van der Waals surface area contributed by atoms with Crippen LogP contribution in [0.5, 0.6) is 0 Å². The van der Waals surface area contributed by atoms with Crippen molar-refractivity contribution in [2.24, 2.45) is 5.92 Å². The highest BCUT2D eigenvalue weighted by molar-refractivity contribution is 6.15. The van der Waals surface area contributed by atoms with Crippen molar-refractivity contribution in [2.45, 2.75) is 24.4 Å². The van der Waals surface area contributed by atoms with E-state index in [4.69, 9.17) is 5.73 Å². The summed E-state index contributed by atoms with van der Waals surface area (Å²) in [5, 5.41) is 0. The SMILES string of the molecule is Nc1ccc(N2C(=O)C3(CC3Cc3cc(F)cc(F)c3)c3cc(-c4cccc(C(F)(F)F)c4)ccc32)nc1. The topological polar surface area (TPSA) is 59.2 Å². The summed E-state index contributed by atoms with van der Waals surface area (Å²) in [6.45, 7) is 0. The molecule has 9 heteroatoms. The number of benzene rings is 3. The van der Waals surface area contributed by atoms with Gasteiger partial charge in [0.25, 0.3) is 0 Å². The van der Waals surface area contributed by atoms with Crippen molar-refractivity contribution in [3.05, 3.63) is 107 Å². The average Bonchev–Trinajstić information content (AvgIpc) is 3.52. The monoisotopic (exact) mass is 521 g/mol. The number of nitrogens with two attached hydrogens (primary N) is 1. The highest BCUT2D eigenvalue weighted by atomic mass is 19.4. The molecule has 2 aliphatic rings. The fourth-order valence-corrected chi connectivity index (χ4v) is 5.51. The number of nitrogens with zero attached hydrogens (tertiary/aromatic N) is 2. The second-order valence-corrected chi connectivity index (χ2v) is 9.76. The van der Waals surface area contributed by atoms with Crippen molar-refractivity contribution in [3.63, 3.8) is 0 Å². The van der Waals surface area contributed by atoms with E-state index in [1.54, 1.807) is 36.4 Å². The lowest BCUT2D eigenvalue weighted by molar-refractivity contribution is -0.137. The van der Waals surface area contributed by atoms with Crippen molar-refractivity contribution in [1.82, 2.24) is 4.98 Å². The number of hydrogen-bond donors (Lipinski definition) is 1. The first-order valence-electron chi connectivity index (χ1n) is 11.9. The molecule has 38 heavy (non-hydrogen) atoms. The van der Waals surface area contributed by atoms with E-state index in [1.165, 1.54) is 29.3 Å². The molecule has 1 amide bonds. The Morgan fingerprint density at radius 2 is 1.68 bits per heavy atom. The predicted octanol–water partition coefficient (Wildman–Crippen LogP) is 6.81. The number of pyridine rings is 1. The number of carbonyl (C=O) groups is 1. The molecule has 2 atom stereocenters. The number of halogens is 5. The molecule has 2 unspecified atom stereocenters. The predicted molar refractivity (Wildman–Crippen MR) is 133 cm³/mol. The van der Waals surface area contributed by atoms with Gasteiger partial charge in [0.05, 0.1) is 28.6 Å². The molecule has 1 aromatic heterocycles. The van der Waals surface area contributed by atoms with E-state index in [-0.39, 0.29) is 18.2 Å². The number of nitrogen functional groups attached to an aromatic ring is 1. The lowest BCUT2D eigenvalue weighted by atomic mass is 9.90. The largest absolute Gasteiger partial charge is 0.416 e. The van der Waals surface area contributed by atoms with Crippen molar-refractivity contribution in [1.29, 1.82) is 0 Å². The van der Waals surface area contributed by atoms with E-state index < -0.39 is 28.8 Å². The highest BCUT2D eigenvalue weighted by Gasteiger charge is 2.66. The van der Waals surface area contributed by atoms with Crippen LogP contribution in [0.3, 0.4) is 0 Å². The Morgan fingerprint density at radius 3 is 2.37 bits per heavy atom. The second-order valence-electron chi connectivity index (χ2n) is 9.76. The van der Waals surface area contributed by atoms with Gasteiger partial charge >= 0.3 is 6.18 Å². The first-order chi connectivity index (χ1) is 18.1. The molecule has 0 bridgehead atoms. The van der Waals surface area contributed by atoms with Crippen LogP contribution in [0.2, 0.25) is 0 Å². The summed E-state index contributed by atoms with van der Waals surface area (Å²) in [6.07, 6.45) is -2.38. The summed E-state index contributed by atoms with van der Waals surface area (Å²) in [4.78, 5) is 19.8. The van der Waals surface area contributed by atoms with E-state index in [0.717, 1.165) is 18.2 Å². The van der Waals surface area contributed by atoms with Crippen molar-refractivity contribution in [3.8, 4) is 11.1 Å². The maximum atomic E-state index is 14.0. The van der Waals surface area contributed by atoms with Gasteiger partial charge in [-0.15, -0.1) is 0 Å². The van der Waals surface area contributed by atoms with Gasteiger partial charge < -0.3 is 5.73 Å². The number of rotatable bonds is 4. The smallest absolute Gasteiger partial charge is 0.397 e. The van der Waals surface area contributed by atoms with Crippen LogP contribution in [0, 0.1) is 17.6 Å². The number of amides is 1. The molecule has 2 N–H and O–H groups in total. The molecule has 0 radical (unpaired) electrons. The van der Waals surface area contributed by atoms with Crippen LogP contribution in [-0.4, -0.2) is 10.9 Å². The average molecular weight is 521 g/mol.